The number of hydrogen-bond donors (Lipinski definition) is 1. The molecule has 2 rings (SSSR count). The molecule has 124 valence electrons. The van der Waals surface area contributed by atoms with E-state index in [0.29, 0.717) is 30.8 Å². The number of nitrogens with zero attached hydrogens (tertiary/aromatic N) is 4. The summed E-state index contributed by atoms with van der Waals surface area (Å²) in [6.45, 7) is 8.51. The average molecular weight is 309 g/mol. The van der Waals surface area contributed by atoms with E-state index in [1.54, 1.807) is 0 Å². The average Bonchev–Trinajstić information content (AvgIpc) is 3.14. The van der Waals surface area contributed by atoms with Crippen LogP contribution in [0.2, 0.25) is 0 Å². The van der Waals surface area contributed by atoms with Gasteiger partial charge in [0.1, 0.15) is 0 Å². The summed E-state index contributed by atoms with van der Waals surface area (Å²) in [5, 5.41) is 4.02. The van der Waals surface area contributed by atoms with Crippen molar-refractivity contribution < 1.29 is 9.32 Å². The Labute approximate surface area is 131 Å². The van der Waals surface area contributed by atoms with Crippen molar-refractivity contribution in [3.63, 3.8) is 0 Å². The molecule has 2 heterocycles. The normalized spacial score (nSPS) is 20.1. The fraction of sp³-hybridized carbons (Fsp3) is 0.800. The van der Waals surface area contributed by atoms with Gasteiger partial charge in [-0.2, -0.15) is 4.98 Å². The van der Waals surface area contributed by atoms with Crippen LogP contribution in [0.5, 0.6) is 0 Å². The number of carbonyl (C=O) groups excluding carboxylic acids is 1. The number of carbonyl (C=O) groups is 1. The largest absolute Gasteiger partial charge is 0.341 e. The molecule has 1 fully saturated rings. The van der Waals surface area contributed by atoms with E-state index in [-0.39, 0.29) is 17.7 Å². The maximum absolute atomic E-state index is 12.2. The minimum Gasteiger partial charge on any atom is -0.341 e. The van der Waals surface area contributed by atoms with Gasteiger partial charge in [0.2, 0.25) is 11.8 Å². The number of nitrogens with two attached hydrogens (primary N) is 1. The summed E-state index contributed by atoms with van der Waals surface area (Å²) in [4.78, 5) is 20.7. The monoisotopic (exact) mass is 309 g/mol. The Morgan fingerprint density at radius 2 is 2.23 bits per heavy atom. The minimum atomic E-state index is -0.102. The summed E-state index contributed by atoms with van der Waals surface area (Å²) in [6.07, 6.45) is 0.967. The third kappa shape index (κ3) is 3.84. The Balaban J connectivity index is 1.88. The molecule has 0 spiro atoms. The summed E-state index contributed by atoms with van der Waals surface area (Å²) >= 11 is 0. The van der Waals surface area contributed by atoms with Crippen molar-refractivity contribution in [1.29, 1.82) is 0 Å². The molecule has 0 saturated carbocycles. The predicted octanol–water partition coefficient (Wildman–Crippen LogP) is 0.821. The Kier molecular flexibility index (Phi) is 5.52. The first-order valence-corrected chi connectivity index (χ1v) is 7.94. The maximum Gasteiger partial charge on any atom is 0.229 e. The molecule has 1 amide bonds. The Morgan fingerprint density at radius 1 is 1.50 bits per heavy atom. The van der Waals surface area contributed by atoms with Gasteiger partial charge in [-0.3, -0.25) is 9.69 Å². The smallest absolute Gasteiger partial charge is 0.229 e. The predicted molar refractivity (Wildman–Crippen MR) is 83.1 cm³/mol. The van der Waals surface area contributed by atoms with Crippen molar-refractivity contribution in [2.75, 3.05) is 26.7 Å². The van der Waals surface area contributed by atoms with Gasteiger partial charge < -0.3 is 15.2 Å². The van der Waals surface area contributed by atoms with Crippen LogP contribution in [0.3, 0.4) is 0 Å². The van der Waals surface area contributed by atoms with Crippen molar-refractivity contribution in [2.24, 2.45) is 11.7 Å². The molecule has 0 aliphatic carbocycles. The molecular weight excluding hydrogens is 282 g/mol. The highest BCUT2D eigenvalue weighted by molar-refractivity contribution is 5.79. The maximum atomic E-state index is 12.2. The second-order valence-corrected chi connectivity index (χ2v) is 6.48. The zero-order valence-corrected chi connectivity index (χ0v) is 14.0. The Morgan fingerprint density at radius 3 is 2.82 bits per heavy atom. The Hall–Kier alpha value is -1.47. The number of amides is 1. The van der Waals surface area contributed by atoms with Crippen LogP contribution >= 0.6 is 0 Å². The quantitative estimate of drug-likeness (QED) is 0.837. The first kappa shape index (κ1) is 16.9. The molecule has 7 heteroatoms. The van der Waals surface area contributed by atoms with Crippen molar-refractivity contribution in [3.8, 4) is 0 Å². The van der Waals surface area contributed by atoms with Crippen LogP contribution in [-0.4, -0.2) is 58.6 Å². The lowest BCUT2D eigenvalue weighted by atomic mass is 10.1. The highest BCUT2D eigenvalue weighted by Gasteiger charge is 2.31. The van der Waals surface area contributed by atoms with Crippen LogP contribution in [0.25, 0.3) is 0 Å². The fourth-order valence-electron chi connectivity index (χ4n) is 2.63. The van der Waals surface area contributed by atoms with E-state index >= 15 is 0 Å². The molecule has 7 nitrogen and oxygen atoms in total. The number of likely N-dealkylation sites (tertiary alicyclic amines) is 1. The zero-order valence-electron chi connectivity index (χ0n) is 14.0. The fourth-order valence-corrected chi connectivity index (χ4v) is 2.63. The summed E-state index contributed by atoms with van der Waals surface area (Å²) in [5.74, 6) is 1.66. The van der Waals surface area contributed by atoms with Crippen molar-refractivity contribution in [2.45, 2.75) is 45.7 Å². The van der Waals surface area contributed by atoms with E-state index in [1.807, 2.05) is 32.7 Å². The summed E-state index contributed by atoms with van der Waals surface area (Å²) in [6, 6.07) is 0.329. The van der Waals surface area contributed by atoms with Crippen LogP contribution in [0.15, 0.2) is 4.52 Å². The van der Waals surface area contributed by atoms with E-state index < -0.39 is 0 Å². The molecular formula is C15H27N5O2. The molecule has 1 aliphatic rings. The number of likely N-dealkylation sites (N-methyl/N-ethyl adjacent to an activating group) is 1. The second-order valence-electron chi connectivity index (χ2n) is 6.48. The van der Waals surface area contributed by atoms with Crippen LogP contribution in [-0.2, 0) is 11.3 Å². The molecule has 22 heavy (non-hydrogen) atoms. The van der Waals surface area contributed by atoms with Gasteiger partial charge >= 0.3 is 0 Å². The summed E-state index contributed by atoms with van der Waals surface area (Å²) in [5.41, 5.74) is 5.58. The minimum absolute atomic E-state index is 0.102. The van der Waals surface area contributed by atoms with Crippen molar-refractivity contribution >= 4 is 5.91 Å². The SMILES string of the molecule is CC(CN)C(=O)N1CCC(N(C)Cc2noc(C(C)C)n2)C1. The molecule has 0 aromatic carbocycles. The topological polar surface area (TPSA) is 88.5 Å². The van der Waals surface area contributed by atoms with Gasteiger partial charge in [-0.1, -0.05) is 25.9 Å². The van der Waals surface area contributed by atoms with E-state index in [4.69, 9.17) is 10.3 Å². The van der Waals surface area contributed by atoms with Crippen LogP contribution < -0.4 is 5.73 Å². The molecule has 0 radical (unpaired) electrons. The number of hydrogen-bond acceptors (Lipinski definition) is 6. The standard InChI is InChI=1S/C15H27N5O2/c1-10(2)14-17-13(18-22-14)9-19(4)12-5-6-20(8-12)15(21)11(3)7-16/h10-12H,5-9,16H2,1-4H3. The summed E-state index contributed by atoms with van der Waals surface area (Å²) in [7, 11) is 2.04. The molecule has 1 aromatic rings. The molecule has 1 aliphatic heterocycles. The summed E-state index contributed by atoms with van der Waals surface area (Å²) < 4.78 is 5.23. The number of rotatable bonds is 6. The lowest BCUT2D eigenvalue weighted by Gasteiger charge is -2.24. The van der Waals surface area contributed by atoms with Gasteiger partial charge in [0, 0.05) is 37.5 Å². The van der Waals surface area contributed by atoms with E-state index in [1.165, 1.54) is 0 Å². The highest BCUT2D eigenvalue weighted by Crippen LogP contribution is 2.18. The van der Waals surface area contributed by atoms with Crippen molar-refractivity contribution in [1.82, 2.24) is 19.9 Å². The van der Waals surface area contributed by atoms with Gasteiger partial charge in [0.25, 0.3) is 0 Å². The van der Waals surface area contributed by atoms with Crippen molar-refractivity contribution in [3.05, 3.63) is 11.7 Å². The lowest BCUT2D eigenvalue weighted by Crippen LogP contribution is -2.39. The molecule has 0 bridgehead atoms. The van der Waals surface area contributed by atoms with Gasteiger partial charge in [0.05, 0.1) is 6.54 Å². The van der Waals surface area contributed by atoms with E-state index in [0.717, 1.165) is 19.5 Å². The van der Waals surface area contributed by atoms with Gasteiger partial charge in [-0.25, -0.2) is 0 Å². The van der Waals surface area contributed by atoms with Crippen LogP contribution in [0.1, 0.15) is 44.8 Å². The van der Waals surface area contributed by atoms with Gasteiger partial charge in [-0.05, 0) is 13.5 Å². The molecule has 1 aromatic heterocycles. The van der Waals surface area contributed by atoms with E-state index in [2.05, 4.69) is 15.0 Å². The second kappa shape index (κ2) is 7.19. The highest BCUT2D eigenvalue weighted by atomic mass is 16.5. The first-order chi connectivity index (χ1) is 10.4. The molecule has 2 atom stereocenters. The third-order valence-corrected chi connectivity index (χ3v) is 4.24. The first-order valence-electron chi connectivity index (χ1n) is 7.94. The van der Waals surface area contributed by atoms with Crippen LogP contribution in [0.4, 0.5) is 0 Å². The zero-order chi connectivity index (χ0) is 16.3. The third-order valence-electron chi connectivity index (χ3n) is 4.24. The van der Waals surface area contributed by atoms with Gasteiger partial charge in [-0.15, -0.1) is 0 Å². The molecule has 2 unspecified atom stereocenters. The molecule has 1 saturated heterocycles. The van der Waals surface area contributed by atoms with Crippen LogP contribution in [0, 0.1) is 5.92 Å². The molecule has 2 N–H and O–H groups in total. The lowest BCUT2D eigenvalue weighted by molar-refractivity contribution is -0.133. The van der Waals surface area contributed by atoms with E-state index in [9.17, 15) is 4.79 Å². The number of aromatic nitrogens is 2. The van der Waals surface area contributed by atoms with Gasteiger partial charge in [0.15, 0.2) is 5.82 Å². The Bertz CT molecular complexity index is 502.